The third kappa shape index (κ3) is 3.70. The minimum absolute atomic E-state index is 0.0200. The van der Waals surface area contributed by atoms with Gasteiger partial charge in [0.05, 0.1) is 11.3 Å². The monoisotopic (exact) mass is 362 g/mol. The molecule has 0 aliphatic carbocycles. The largest absolute Gasteiger partial charge is 0.352 e. The van der Waals surface area contributed by atoms with E-state index >= 15 is 0 Å². The maximum absolute atomic E-state index is 12.5. The molecule has 0 aromatic carbocycles. The molecule has 0 radical (unpaired) electrons. The summed E-state index contributed by atoms with van der Waals surface area (Å²) in [5.74, 6) is -0.191. The second-order valence-electron chi connectivity index (χ2n) is 5.76. The van der Waals surface area contributed by atoms with Crippen molar-refractivity contribution in [3.8, 4) is 0 Å². The summed E-state index contributed by atoms with van der Waals surface area (Å²) in [7, 11) is 0. The highest BCUT2D eigenvalue weighted by atomic mass is 32.1. The first-order chi connectivity index (χ1) is 11.5. The number of piperidine rings is 1. The number of hydrogen-bond donors (Lipinski definition) is 2. The van der Waals surface area contributed by atoms with Crippen LogP contribution in [-0.2, 0) is 4.79 Å². The van der Waals surface area contributed by atoms with Crippen LogP contribution in [0.4, 0.5) is 5.13 Å². The van der Waals surface area contributed by atoms with Crippen molar-refractivity contribution in [2.75, 3.05) is 18.4 Å². The number of aryl methyl sites for hydroxylation is 1. The van der Waals surface area contributed by atoms with E-state index in [1.807, 2.05) is 12.3 Å². The predicted octanol–water partition coefficient (Wildman–Crippen LogP) is 3.00. The summed E-state index contributed by atoms with van der Waals surface area (Å²) in [6.45, 7) is 3.00. The van der Waals surface area contributed by atoms with Gasteiger partial charge in [0.25, 0.3) is 5.91 Å². The Morgan fingerprint density at radius 3 is 2.79 bits per heavy atom. The highest BCUT2D eigenvalue weighted by Gasteiger charge is 2.28. The van der Waals surface area contributed by atoms with E-state index in [9.17, 15) is 9.59 Å². The number of aromatic amines is 1. The van der Waals surface area contributed by atoms with E-state index < -0.39 is 0 Å². The number of H-pyrrole nitrogens is 1. The Labute approximate surface area is 148 Å². The first kappa shape index (κ1) is 16.8. The van der Waals surface area contributed by atoms with E-state index in [0.717, 1.165) is 5.69 Å². The number of aromatic nitrogens is 2. The van der Waals surface area contributed by atoms with Crippen LogP contribution in [0.25, 0.3) is 0 Å². The van der Waals surface area contributed by atoms with Gasteiger partial charge in [0, 0.05) is 30.6 Å². The Balaban J connectivity index is 1.57. The number of anilines is 1. The number of nitrogens with one attached hydrogen (secondary N) is 2. The summed E-state index contributed by atoms with van der Waals surface area (Å²) in [4.78, 5) is 33.7. The lowest BCUT2D eigenvalue weighted by Crippen LogP contribution is -2.41. The summed E-state index contributed by atoms with van der Waals surface area (Å²) in [5.41, 5.74) is 1.41. The fraction of sp³-hybridized carbons (Fsp3) is 0.375. The van der Waals surface area contributed by atoms with Crippen molar-refractivity contribution >= 4 is 40.5 Å². The summed E-state index contributed by atoms with van der Waals surface area (Å²) < 4.78 is 0.446. The van der Waals surface area contributed by atoms with Gasteiger partial charge in [0.2, 0.25) is 5.91 Å². The van der Waals surface area contributed by atoms with Crippen LogP contribution in [0.1, 0.15) is 28.9 Å². The normalized spacial score (nSPS) is 15.3. The van der Waals surface area contributed by atoms with E-state index in [0.29, 0.717) is 41.3 Å². The zero-order chi connectivity index (χ0) is 17.1. The van der Waals surface area contributed by atoms with Gasteiger partial charge in [-0.3, -0.25) is 9.59 Å². The highest BCUT2D eigenvalue weighted by molar-refractivity contribution is 7.71. The Kier molecular flexibility index (Phi) is 5.06. The molecule has 3 heterocycles. The summed E-state index contributed by atoms with van der Waals surface area (Å²) in [5, 5.41) is 5.39. The lowest BCUT2D eigenvalue weighted by atomic mass is 9.95. The van der Waals surface area contributed by atoms with Gasteiger partial charge in [-0.25, -0.2) is 4.98 Å². The van der Waals surface area contributed by atoms with E-state index in [2.05, 4.69) is 15.3 Å². The third-order valence-corrected chi connectivity index (χ3v) is 5.26. The van der Waals surface area contributed by atoms with E-state index in [1.54, 1.807) is 23.2 Å². The molecule has 6 nitrogen and oxygen atoms in total. The van der Waals surface area contributed by atoms with Gasteiger partial charge >= 0.3 is 0 Å². The molecule has 0 bridgehead atoms. The van der Waals surface area contributed by atoms with Gasteiger partial charge in [-0.1, -0.05) is 12.2 Å². The smallest absolute Gasteiger partial charge is 0.256 e. The molecule has 1 aliphatic heterocycles. The van der Waals surface area contributed by atoms with Crippen LogP contribution in [0.3, 0.4) is 0 Å². The van der Waals surface area contributed by atoms with Crippen LogP contribution in [0.5, 0.6) is 0 Å². The SMILES string of the molecule is Cc1csc(NC(=O)C2CCN(C(=O)c3ccc[nH]c3=S)CC2)n1. The minimum atomic E-state index is -0.0939. The van der Waals surface area contributed by atoms with Crippen LogP contribution >= 0.6 is 23.6 Å². The number of rotatable bonds is 3. The number of hydrogen-bond acceptors (Lipinski definition) is 5. The lowest BCUT2D eigenvalue weighted by molar-refractivity contribution is -0.121. The molecule has 2 aromatic heterocycles. The maximum atomic E-state index is 12.5. The molecule has 0 saturated carbocycles. The Bertz CT molecular complexity index is 806. The zero-order valence-electron chi connectivity index (χ0n) is 13.2. The van der Waals surface area contributed by atoms with Crippen molar-refractivity contribution < 1.29 is 9.59 Å². The number of amides is 2. The Morgan fingerprint density at radius 1 is 1.42 bits per heavy atom. The van der Waals surface area contributed by atoms with Gasteiger partial charge in [0.15, 0.2) is 5.13 Å². The van der Waals surface area contributed by atoms with E-state index in [4.69, 9.17) is 12.2 Å². The van der Waals surface area contributed by atoms with Gasteiger partial charge < -0.3 is 15.2 Å². The Hall–Kier alpha value is -2.06. The molecule has 0 unspecified atom stereocenters. The molecule has 0 spiro atoms. The van der Waals surface area contributed by atoms with Gasteiger partial charge in [0.1, 0.15) is 4.64 Å². The van der Waals surface area contributed by atoms with Crippen LogP contribution < -0.4 is 5.32 Å². The first-order valence-electron chi connectivity index (χ1n) is 7.74. The molecule has 1 aliphatic rings. The number of carbonyl (C=O) groups is 2. The van der Waals surface area contributed by atoms with Crippen LogP contribution in [-0.4, -0.2) is 39.8 Å². The summed E-state index contributed by atoms with van der Waals surface area (Å²) in [6, 6.07) is 3.49. The molecular weight excluding hydrogens is 344 g/mol. The fourth-order valence-corrected chi connectivity index (χ4v) is 3.64. The summed E-state index contributed by atoms with van der Waals surface area (Å²) >= 11 is 6.59. The average molecular weight is 362 g/mol. The van der Waals surface area contributed by atoms with Gasteiger partial charge in [-0.2, -0.15) is 0 Å². The van der Waals surface area contributed by atoms with Crippen molar-refractivity contribution in [3.05, 3.63) is 39.6 Å². The molecule has 24 heavy (non-hydrogen) atoms. The molecular formula is C16H18N4O2S2. The topological polar surface area (TPSA) is 78.1 Å². The molecule has 0 atom stereocenters. The van der Waals surface area contributed by atoms with E-state index in [1.165, 1.54) is 11.3 Å². The lowest BCUT2D eigenvalue weighted by Gasteiger charge is -2.31. The van der Waals surface area contributed by atoms with Crippen molar-refractivity contribution in [2.24, 2.45) is 5.92 Å². The molecule has 2 N–H and O–H groups in total. The Morgan fingerprint density at radius 2 is 2.17 bits per heavy atom. The van der Waals surface area contributed by atoms with Crippen molar-refractivity contribution in [3.63, 3.8) is 0 Å². The maximum Gasteiger partial charge on any atom is 0.256 e. The molecule has 8 heteroatoms. The molecule has 126 valence electrons. The van der Waals surface area contributed by atoms with Crippen molar-refractivity contribution in [2.45, 2.75) is 19.8 Å². The summed E-state index contributed by atoms with van der Waals surface area (Å²) in [6.07, 6.45) is 2.99. The number of carbonyl (C=O) groups excluding carboxylic acids is 2. The number of pyridine rings is 1. The molecule has 2 amide bonds. The number of nitrogens with zero attached hydrogens (tertiary/aromatic N) is 2. The standard InChI is InChI=1S/C16H18N4O2S2/c1-10-9-24-16(18-10)19-13(21)11-4-7-20(8-5-11)15(22)12-3-2-6-17-14(12)23/h2-3,6,9,11H,4-5,7-8H2,1H3,(H,17,23)(H,18,19,21). The van der Waals surface area contributed by atoms with Crippen molar-refractivity contribution in [1.29, 1.82) is 0 Å². The van der Waals surface area contributed by atoms with Gasteiger partial charge in [-0.15, -0.1) is 11.3 Å². The zero-order valence-corrected chi connectivity index (χ0v) is 14.9. The predicted molar refractivity (Wildman–Crippen MR) is 95.7 cm³/mol. The average Bonchev–Trinajstić information content (AvgIpc) is 2.99. The highest BCUT2D eigenvalue weighted by Crippen LogP contribution is 2.22. The first-order valence-corrected chi connectivity index (χ1v) is 9.03. The molecule has 1 fully saturated rings. The molecule has 3 rings (SSSR count). The molecule has 2 aromatic rings. The molecule has 1 saturated heterocycles. The second kappa shape index (κ2) is 7.23. The van der Waals surface area contributed by atoms with Crippen LogP contribution in [0, 0.1) is 17.5 Å². The fourth-order valence-electron chi connectivity index (χ4n) is 2.72. The number of thiazole rings is 1. The second-order valence-corrected chi connectivity index (χ2v) is 7.03. The third-order valence-electron chi connectivity index (χ3n) is 4.05. The van der Waals surface area contributed by atoms with Crippen LogP contribution in [0.15, 0.2) is 23.7 Å². The van der Waals surface area contributed by atoms with E-state index in [-0.39, 0.29) is 17.7 Å². The van der Waals surface area contributed by atoms with Crippen LogP contribution in [0.2, 0.25) is 0 Å². The number of likely N-dealkylation sites (tertiary alicyclic amines) is 1. The van der Waals surface area contributed by atoms with Gasteiger partial charge in [-0.05, 0) is 31.9 Å². The van der Waals surface area contributed by atoms with Crippen molar-refractivity contribution in [1.82, 2.24) is 14.9 Å². The quantitative estimate of drug-likeness (QED) is 0.823. The minimum Gasteiger partial charge on any atom is -0.352 e.